The highest BCUT2D eigenvalue weighted by Gasteiger charge is 2.26. The van der Waals surface area contributed by atoms with Crippen molar-refractivity contribution in [3.8, 4) is 0 Å². The predicted octanol–water partition coefficient (Wildman–Crippen LogP) is 6.11. The van der Waals surface area contributed by atoms with Crippen LogP contribution in [-0.4, -0.2) is 43.1 Å². The van der Waals surface area contributed by atoms with Crippen LogP contribution < -0.4 is 16.0 Å². The van der Waals surface area contributed by atoms with E-state index in [9.17, 15) is 0 Å². The average Bonchev–Trinajstić information content (AvgIpc) is 3.61. The first-order valence-corrected chi connectivity index (χ1v) is 12.8. The average molecular weight is 532 g/mol. The SMILES string of the molecule is CCN(c1c[nH]c2ccccc12)c1nc(NC2CCC(N)CC2)nc2c1ncn2C1CCCC1.Cl.Cl. The van der Waals surface area contributed by atoms with Crippen molar-refractivity contribution in [3.05, 3.63) is 36.8 Å². The number of nitrogens with zero attached hydrogens (tertiary/aromatic N) is 5. The standard InChI is InChI=1S/C26H34N8.2ClH/c1-2-33(22-15-28-21-10-6-5-9-20(21)22)24-23-25(34(16-29-23)19-7-3-4-8-19)32-26(31-24)30-18-13-11-17(27)12-14-18;;/h5-6,9-10,15-19,28H,2-4,7-8,11-14,27H2,1H3,(H,30,31,32);2*1H. The van der Waals surface area contributed by atoms with Gasteiger partial charge in [0.15, 0.2) is 17.0 Å². The predicted molar refractivity (Wildman–Crippen MR) is 152 cm³/mol. The Hall–Kier alpha value is -2.55. The third-order valence-electron chi connectivity index (χ3n) is 7.66. The molecule has 0 saturated heterocycles. The second-order valence-corrected chi connectivity index (χ2v) is 9.85. The summed E-state index contributed by atoms with van der Waals surface area (Å²) in [5.41, 5.74) is 10.2. The van der Waals surface area contributed by atoms with Crippen molar-refractivity contribution in [1.29, 1.82) is 0 Å². The largest absolute Gasteiger partial charge is 0.359 e. The fourth-order valence-corrected chi connectivity index (χ4v) is 5.76. The third kappa shape index (κ3) is 4.86. The number of aromatic amines is 1. The molecule has 2 aliphatic carbocycles. The van der Waals surface area contributed by atoms with Crippen LogP contribution in [0.3, 0.4) is 0 Å². The molecule has 0 radical (unpaired) electrons. The Balaban J connectivity index is 0.00000152. The Morgan fingerprint density at radius 2 is 1.81 bits per heavy atom. The van der Waals surface area contributed by atoms with Crippen LogP contribution in [0.4, 0.5) is 17.5 Å². The minimum absolute atomic E-state index is 0. The Morgan fingerprint density at radius 1 is 1.06 bits per heavy atom. The summed E-state index contributed by atoms with van der Waals surface area (Å²) in [6.07, 6.45) is 13.2. The van der Waals surface area contributed by atoms with E-state index in [4.69, 9.17) is 20.7 Å². The second-order valence-electron chi connectivity index (χ2n) is 9.85. The summed E-state index contributed by atoms with van der Waals surface area (Å²) in [7, 11) is 0. The molecule has 0 bridgehead atoms. The zero-order valence-electron chi connectivity index (χ0n) is 20.7. The van der Waals surface area contributed by atoms with E-state index in [1.165, 1.54) is 31.1 Å². The van der Waals surface area contributed by atoms with Crippen LogP contribution in [-0.2, 0) is 0 Å². The number of hydrogen-bond donors (Lipinski definition) is 3. The summed E-state index contributed by atoms with van der Waals surface area (Å²) >= 11 is 0. The van der Waals surface area contributed by atoms with Gasteiger partial charge < -0.3 is 25.5 Å². The van der Waals surface area contributed by atoms with Gasteiger partial charge in [-0.05, 0) is 51.5 Å². The first-order chi connectivity index (χ1) is 16.7. The molecular weight excluding hydrogens is 495 g/mol. The number of benzene rings is 1. The molecule has 0 spiro atoms. The molecule has 2 aliphatic rings. The van der Waals surface area contributed by atoms with Crippen molar-refractivity contribution < 1.29 is 0 Å². The highest BCUT2D eigenvalue weighted by molar-refractivity contribution is 5.97. The molecular formula is C26H36Cl2N8. The Labute approximate surface area is 224 Å². The monoisotopic (exact) mass is 530 g/mol. The molecule has 0 atom stereocenters. The minimum atomic E-state index is 0. The number of nitrogens with two attached hydrogens (primary N) is 1. The van der Waals surface area contributed by atoms with Crippen LogP contribution in [0.5, 0.6) is 0 Å². The lowest BCUT2D eigenvalue weighted by atomic mass is 9.92. The molecule has 3 aromatic heterocycles. The molecule has 36 heavy (non-hydrogen) atoms. The van der Waals surface area contributed by atoms with Crippen LogP contribution >= 0.6 is 24.8 Å². The maximum Gasteiger partial charge on any atom is 0.227 e. The van der Waals surface area contributed by atoms with E-state index in [2.05, 4.69) is 57.2 Å². The van der Waals surface area contributed by atoms with E-state index in [0.717, 1.165) is 60.4 Å². The van der Waals surface area contributed by atoms with Gasteiger partial charge in [0.05, 0.1) is 12.0 Å². The fourth-order valence-electron chi connectivity index (χ4n) is 5.76. The van der Waals surface area contributed by atoms with Gasteiger partial charge in [-0.1, -0.05) is 31.0 Å². The van der Waals surface area contributed by atoms with E-state index in [-0.39, 0.29) is 24.8 Å². The first kappa shape index (κ1) is 26.5. The number of nitrogens with one attached hydrogen (secondary N) is 2. The molecule has 4 N–H and O–H groups in total. The van der Waals surface area contributed by atoms with Gasteiger partial charge >= 0.3 is 0 Å². The number of H-pyrrole nitrogens is 1. The van der Waals surface area contributed by atoms with Gasteiger partial charge in [-0.3, -0.25) is 0 Å². The number of aromatic nitrogens is 5. The van der Waals surface area contributed by atoms with Crippen LogP contribution in [0.15, 0.2) is 36.8 Å². The lowest BCUT2D eigenvalue weighted by Gasteiger charge is -2.28. The van der Waals surface area contributed by atoms with E-state index < -0.39 is 0 Å². The van der Waals surface area contributed by atoms with Crippen molar-refractivity contribution in [2.75, 3.05) is 16.8 Å². The molecule has 194 valence electrons. The highest BCUT2D eigenvalue weighted by atomic mass is 35.5. The molecule has 3 heterocycles. The molecule has 2 saturated carbocycles. The fraction of sp³-hybridized carbons (Fsp3) is 0.500. The van der Waals surface area contributed by atoms with Gasteiger partial charge in [-0.2, -0.15) is 9.97 Å². The lowest BCUT2D eigenvalue weighted by Crippen LogP contribution is -2.33. The Morgan fingerprint density at radius 3 is 2.56 bits per heavy atom. The van der Waals surface area contributed by atoms with E-state index in [1.807, 2.05) is 6.33 Å². The van der Waals surface area contributed by atoms with Gasteiger partial charge in [0, 0.05) is 41.8 Å². The van der Waals surface area contributed by atoms with Crippen molar-refractivity contribution in [2.45, 2.75) is 76.4 Å². The van der Waals surface area contributed by atoms with Gasteiger partial charge in [-0.25, -0.2) is 4.98 Å². The molecule has 8 nitrogen and oxygen atoms in total. The Bertz CT molecular complexity index is 1290. The highest BCUT2D eigenvalue weighted by Crippen LogP contribution is 2.37. The van der Waals surface area contributed by atoms with Gasteiger partial charge in [-0.15, -0.1) is 24.8 Å². The van der Waals surface area contributed by atoms with Crippen LogP contribution in [0.1, 0.15) is 64.3 Å². The van der Waals surface area contributed by atoms with Crippen molar-refractivity contribution >= 4 is 64.3 Å². The molecule has 0 unspecified atom stereocenters. The quantitative estimate of drug-likeness (QED) is 0.278. The van der Waals surface area contributed by atoms with Crippen molar-refractivity contribution in [1.82, 2.24) is 24.5 Å². The molecule has 1 aromatic carbocycles. The molecule has 10 heteroatoms. The topological polar surface area (TPSA) is 101 Å². The summed E-state index contributed by atoms with van der Waals surface area (Å²) in [4.78, 5) is 20.6. The summed E-state index contributed by atoms with van der Waals surface area (Å²) in [5, 5.41) is 4.83. The lowest BCUT2D eigenvalue weighted by molar-refractivity contribution is 0.410. The normalized spacial score (nSPS) is 20.3. The number of hydrogen-bond acceptors (Lipinski definition) is 6. The third-order valence-corrected chi connectivity index (χ3v) is 7.66. The number of halogens is 2. The number of fused-ring (bicyclic) bond motifs is 2. The van der Waals surface area contributed by atoms with Gasteiger partial charge in [0.2, 0.25) is 5.95 Å². The summed E-state index contributed by atoms with van der Waals surface area (Å²) < 4.78 is 2.29. The molecule has 2 fully saturated rings. The zero-order valence-corrected chi connectivity index (χ0v) is 22.3. The van der Waals surface area contributed by atoms with E-state index >= 15 is 0 Å². The number of anilines is 3. The number of rotatable bonds is 6. The minimum Gasteiger partial charge on any atom is -0.359 e. The van der Waals surface area contributed by atoms with Crippen molar-refractivity contribution in [2.24, 2.45) is 5.73 Å². The number of imidazole rings is 1. The van der Waals surface area contributed by atoms with E-state index in [0.29, 0.717) is 24.1 Å². The van der Waals surface area contributed by atoms with Gasteiger partial charge in [0.25, 0.3) is 0 Å². The zero-order chi connectivity index (χ0) is 23.1. The van der Waals surface area contributed by atoms with Crippen molar-refractivity contribution in [3.63, 3.8) is 0 Å². The molecule has 4 aromatic rings. The maximum atomic E-state index is 6.14. The molecule has 0 aliphatic heterocycles. The van der Waals surface area contributed by atoms with Crippen LogP contribution in [0, 0.1) is 0 Å². The summed E-state index contributed by atoms with van der Waals surface area (Å²) in [6.45, 7) is 2.95. The van der Waals surface area contributed by atoms with Crippen LogP contribution in [0.25, 0.3) is 22.1 Å². The molecule has 0 amide bonds. The van der Waals surface area contributed by atoms with Crippen LogP contribution in [0.2, 0.25) is 0 Å². The smallest absolute Gasteiger partial charge is 0.227 e. The molecule has 6 rings (SSSR count). The first-order valence-electron chi connectivity index (χ1n) is 12.8. The number of para-hydroxylation sites is 1. The Kier molecular flexibility index (Phi) is 8.27. The summed E-state index contributed by atoms with van der Waals surface area (Å²) in [5.74, 6) is 1.56. The maximum absolute atomic E-state index is 6.14. The second kappa shape index (κ2) is 11.2. The van der Waals surface area contributed by atoms with Gasteiger partial charge in [0.1, 0.15) is 0 Å². The van der Waals surface area contributed by atoms with E-state index in [1.54, 1.807) is 0 Å². The summed E-state index contributed by atoms with van der Waals surface area (Å²) in [6, 6.07) is 9.55.